The first-order chi connectivity index (χ1) is 14.1. The zero-order valence-electron chi connectivity index (χ0n) is 17.5. The number of amides is 2. The molecular weight excluding hydrogens is 390 g/mol. The van der Waals surface area contributed by atoms with Crippen LogP contribution in [-0.4, -0.2) is 73.8 Å². The molecule has 160 valence electrons. The van der Waals surface area contributed by atoms with E-state index in [1.165, 1.54) is 12.8 Å². The first kappa shape index (κ1) is 21.8. The minimum Gasteiger partial charge on any atom is -0.493 e. The van der Waals surface area contributed by atoms with Crippen LogP contribution in [0, 0.1) is 0 Å². The lowest BCUT2D eigenvalue weighted by molar-refractivity contribution is -0.139. The lowest BCUT2D eigenvalue weighted by Crippen LogP contribution is -2.49. The molecule has 2 fully saturated rings. The quantitative estimate of drug-likeness (QED) is 0.694. The molecule has 0 bridgehead atoms. The normalized spacial score (nSPS) is 22.0. The van der Waals surface area contributed by atoms with Gasteiger partial charge in [-0.3, -0.25) is 9.59 Å². The van der Waals surface area contributed by atoms with Crippen molar-refractivity contribution < 1.29 is 19.1 Å². The second-order valence-electron chi connectivity index (χ2n) is 7.31. The molecular formula is C21H31N3O4S. The number of nitrogens with one attached hydrogen (secondary N) is 1. The van der Waals surface area contributed by atoms with E-state index in [9.17, 15) is 9.59 Å². The topological polar surface area (TPSA) is 71.1 Å². The van der Waals surface area contributed by atoms with Crippen molar-refractivity contribution in [2.24, 2.45) is 0 Å². The summed E-state index contributed by atoms with van der Waals surface area (Å²) in [4.78, 5) is 29.7. The van der Waals surface area contributed by atoms with E-state index in [0.29, 0.717) is 30.2 Å². The van der Waals surface area contributed by atoms with Crippen molar-refractivity contribution in [2.45, 2.75) is 37.6 Å². The summed E-state index contributed by atoms with van der Waals surface area (Å²) in [5.41, 5.74) is 0.932. The number of methoxy groups -OCH3 is 2. The summed E-state index contributed by atoms with van der Waals surface area (Å²) in [5, 5.41) is 2.83. The number of hydrogen-bond donors (Lipinski definition) is 1. The number of carbonyl (C=O) groups excluding carboxylic acids is 2. The molecule has 0 aromatic heterocycles. The summed E-state index contributed by atoms with van der Waals surface area (Å²) >= 11 is 1.61. The average Bonchev–Trinajstić information content (AvgIpc) is 3.42. The summed E-state index contributed by atoms with van der Waals surface area (Å²) in [6.45, 7) is 5.54. The van der Waals surface area contributed by atoms with E-state index in [2.05, 4.69) is 10.2 Å². The summed E-state index contributed by atoms with van der Waals surface area (Å²) in [7, 11) is 3.19. The largest absolute Gasteiger partial charge is 0.493 e. The van der Waals surface area contributed by atoms with Crippen molar-refractivity contribution in [3.63, 3.8) is 0 Å². The number of hydrogen-bond acceptors (Lipinski definition) is 6. The van der Waals surface area contributed by atoms with E-state index < -0.39 is 6.04 Å². The molecule has 2 heterocycles. The lowest BCUT2D eigenvalue weighted by Gasteiger charge is -2.29. The third-order valence-electron chi connectivity index (χ3n) is 5.51. The van der Waals surface area contributed by atoms with Crippen LogP contribution in [0.1, 0.15) is 37.1 Å². The second kappa shape index (κ2) is 10.2. The molecule has 0 radical (unpaired) electrons. The molecule has 0 spiro atoms. The van der Waals surface area contributed by atoms with E-state index in [1.807, 2.05) is 25.1 Å². The number of nitrogens with zero attached hydrogens (tertiary/aromatic N) is 2. The van der Waals surface area contributed by atoms with Crippen molar-refractivity contribution in [1.29, 1.82) is 0 Å². The highest BCUT2D eigenvalue weighted by atomic mass is 32.2. The monoisotopic (exact) mass is 421 g/mol. The van der Waals surface area contributed by atoms with Crippen LogP contribution in [0.25, 0.3) is 0 Å². The van der Waals surface area contributed by atoms with Gasteiger partial charge in [0.15, 0.2) is 11.5 Å². The van der Waals surface area contributed by atoms with Crippen LogP contribution in [0.4, 0.5) is 0 Å². The Morgan fingerprint density at radius 3 is 2.55 bits per heavy atom. The molecule has 2 atom stereocenters. The first-order valence-electron chi connectivity index (χ1n) is 10.2. The number of thioether (sulfide) groups is 1. The molecule has 1 aromatic carbocycles. The Morgan fingerprint density at radius 1 is 1.17 bits per heavy atom. The third kappa shape index (κ3) is 4.98. The van der Waals surface area contributed by atoms with E-state index >= 15 is 0 Å². The van der Waals surface area contributed by atoms with Crippen molar-refractivity contribution >= 4 is 23.6 Å². The highest BCUT2D eigenvalue weighted by molar-refractivity contribution is 7.99. The van der Waals surface area contributed by atoms with Gasteiger partial charge in [0.05, 0.1) is 14.2 Å². The molecule has 2 aliphatic heterocycles. The van der Waals surface area contributed by atoms with Crippen molar-refractivity contribution in [2.75, 3.05) is 46.2 Å². The maximum Gasteiger partial charge on any atom is 0.243 e. The van der Waals surface area contributed by atoms with Gasteiger partial charge in [-0.05, 0) is 43.6 Å². The number of ether oxygens (including phenoxy) is 2. The predicted molar refractivity (Wildman–Crippen MR) is 114 cm³/mol. The number of benzene rings is 1. The zero-order valence-corrected chi connectivity index (χ0v) is 18.3. The molecule has 29 heavy (non-hydrogen) atoms. The van der Waals surface area contributed by atoms with Crippen LogP contribution >= 0.6 is 11.8 Å². The Kier molecular flexibility index (Phi) is 7.66. The maximum absolute atomic E-state index is 12.9. The Hall–Kier alpha value is -1.93. The minimum absolute atomic E-state index is 0.0190. The highest BCUT2D eigenvalue weighted by Gasteiger charge is 2.41. The summed E-state index contributed by atoms with van der Waals surface area (Å²) in [5.74, 6) is 1.76. The molecule has 3 rings (SSSR count). The highest BCUT2D eigenvalue weighted by Crippen LogP contribution is 2.44. The molecule has 7 nitrogen and oxygen atoms in total. The van der Waals surface area contributed by atoms with Gasteiger partial charge in [0.2, 0.25) is 11.8 Å². The van der Waals surface area contributed by atoms with Gasteiger partial charge in [0.25, 0.3) is 0 Å². The number of likely N-dealkylation sites (tertiary alicyclic amines) is 1. The predicted octanol–water partition coefficient (Wildman–Crippen LogP) is 2.27. The molecule has 0 aliphatic carbocycles. The molecule has 8 heteroatoms. The van der Waals surface area contributed by atoms with E-state index in [-0.39, 0.29) is 17.2 Å². The van der Waals surface area contributed by atoms with E-state index in [4.69, 9.17) is 9.47 Å². The number of rotatable bonds is 8. The number of carbonyl (C=O) groups is 2. The average molecular weight is 422 g/mol. The summed E-state index contributed by atoms with van der Waals surface area (Å²) < 4.78 is 10.7. The molecule has 2 amide bonds. The van der Waals surface area contributed by atoms with Gasteiger partial charge >= 0.3 is 0 Å². The fourth-order valence-corrected chi connectivity index (χ4v) is 5.36. The SMILES string of the molecule is CCC(=O)N1[C@@H](c2ccc(OC)c(OC)c2)SC[C@H]1C(=O)NCCN1CCCC1. The van der Waals surface area contributed by atoms with Crippen LogP contribution in [0.2, 0.25) is 0 Å². The van der Waals surface area contributed by atoms with Gasteiger partial charge in [0, 0.05) is 25.3 Å². The zero-order chi connectivity index (χ0) is 20.8. The Bertz CT molecular complexity index is 724. The third-order valence-corrected chi connectivity index (χ3v) is 6.84. The summed E-state index contributed by atoms with van der Waals surface area (Å²) in [6, 6.07) is 5.21. The van der Waals surface area contributed by atoms with E-state index in [1.54, 1.807) is 30.9 Å². The Morgan fingerprint density at radius 2 is 1.90 bits per heavy atom. The molecule has 2 aliphatic rings. The van der Waals surface area contributed by atoms with Crippen molar-refractivity contribution in [3.05, 3.63) is 23.8 Å². The van der Waals surface area contributed by atoms with Gasteiger partial charge in [-0.2, -0.15) is 0 Å². The van der Waals surface area contributed by atoms with E-state index in [0.717, 1.165) is 25.2 Å². The minimum atomic E-state index is -0.455. The first-order valence-corrected chi connectivity index (χ1v) is 11.3. The van der Waals surface area contributed by atoms with Gasteiger partial charge in [-0.15, -0.1) is 11.8 Å². The molecule has 0 unspecified atom stereocenters. The smallest absolute Gasteiger partial charge is 0.243 e. The molecule has 1 N–H and O–H groups in total. The van der Waals surface area contributed by atoms with Crippen LogP contribution in [0.3, 0.4) is 0 Å². The van der Waals surface area contributed by atoms with Crippen molar-refractivity contribution in [1.82, 2.24) is 15.1 Å². The Labute approximate surface area is 177 Å². The molecule has 0 saturated carbocycles. The van der Waals surface area contributed by atoms with Crippen molar-refractivity contribution in [3.8, 4) is 11.5 Å². The maximum atomic E-state index is 12.9. The van der Waals surface area contributed by atoms with Crippen LogP contribution in [-0.2, 0) is 9.59 Å². The Balaban J connectivity index is 1.71. The molecule has 1 aromatic rings. The van der Waals surface area contributed by atoms with Gasteiger partial charge < -0.3 is 24.6 Å². The van der Waals surface area contributed by atoms with Crippen LogP contribution in [0.15, 0.2) is 18.2 Å². The summed E-state index contributed by atoms with van der Waals surface area (Å²) in [6.07, 6.45) is 2.83. The van der Waals surface area contributed by atoms with Gasteiger partial charge in [-0.1, -0.05) is 13.0 Å². The lowest BCUT2D eigenvalue weighted by atomic mass is 10.1. The van der Waals surface area contributed by atoms with Gasteiger partial charge in [-0.25, -0.2) is 0 Å². The van der Waals surface area contributed by atoms with Crippen LogP contribution < -0.4 is 14.8 Å². The second-order valence-corrected chi connectivity index (χ2v) is 8.42. The fraction of sp³-hybridized carbons (Fsp3) is 0.619. The standard InChI is InChI=1S/C21H31N3O4S/c1-4-19(25)24-16(20(26)22-9-12-23-10-5-6-11-23)14-29-21(24)15-7-8-17(27-2)18(13-15)28-3/h7-8,13,16,21H,4-6,9-12,14H2,1-3H3,(H,22,26)/t16-,21+/m0/s1. The van der Waals surface area contributed by atoms with Crippen LogP contribution in [0.5, 0.6) is 11.5 Å². The molecule has 2 saturated heterocycles. The fourth-order valence-electron chi connectivity index (χ4n) is 3.92. The van der Waals surface area contributed by atoms with Gasteiger partial charge in [0.1, 0.15) is 11.4 Å².